The van der Waals surface area contributed by atoms with Gasteiger partial charge in [-0.3, -0.25) is 0 Å². The molecule has 0 saturated heterocycles. The molecule has 0 saturated carbocycles. The fraction of sp³-hybridized carbons (Fsp3) is 0.833. The molecule has 72 valence electrons. The lowest BCUT2D eigenvalue weighted by atomic mass is 10.4. The number of halogens is 2. The molecule has 0 fully saturated rings. The number of nitrogens with zero attached hydrogens (tertiary/aromatic N) is 1. The standard InChI is InChI=1S/C6H13F2N3O/c1-2-10-5(9)11-3-6(7,8)4-12/h12H,2-4H2,1H3,(H3,9,10,11). The smallest absolute Gasteiger partial charge is 0.289 e. The highest BCUT2D eigenvalue weighted by atomic mass is 19.3. The molecule has 0 aliphatic rings. The number of aliphatic hydroxyl groups excluding tert-OH is 1. The number of aliphatic imine (C=N–C) groups is 1. The maximum Gasteiger partial charge on any atom is 0.289 e. The zero-order chi connectivity index (χ0) is 9.61. The van der Waals surface area contributed by atoms with Crippen LogP contribution >= 0.6 is 0 Å². The van der Waals surface area contributed by atoms with E-state index in [2.05, 4.69) is 10.3 Å². The first-order chi connectivity index (χ1) is 5.52. The van der Waals surface area contributed by atoms with Crippen molar-refractivity contribution in [1.29, 1.82) is 0 Å². The van der Waals surface area contributed by atoms with Crippen molar-refractivity contribution in [2.75, 3.05) is 19.7 Å². The minimum atomic E-state index is -3.18. The quantitative estimate of drug-likeness (QED) is 0.406. The fourth-order valence-corrected chi connectivity index (χ4v) is 0.488. The number of rotatable bonds is 4. The van der Waals surface area contributed by atoms with Crippen LogP contribution in [0.5, 0.6) is 0 Å². The lowest BCUT2D eigenvalue weighted by Crippen LogP contribution is -2.34. The summed E-state index contributed by atoms with van der Waals surface area (Å²) in [5, 5.41) is 10.7. The largest absolute Gasteiger partial charge is 0.390 e. The van der Waals surface area contributed by atoms with Crippen molar-refractivity contribution in [3.63, 3.8) is 0 Å². The van der Waals surface area contributed by atoms with Crippen molar-refractivity contribution in [2.24, 2.45) is 10.7 Å². The van der Waals surface area contributed by atoms with Crippen molar-refractivity contribution >= 4 is 5.96 Å². The van der Waals surface area contributed by atoms with E-state index in [0.717, 1.165) is 0 Å². The fourth-order valence-electron chi connectivity index (χ4n) is 0.488. The second-order valence-corrected chi connectivity index (χ2v) is 2.25. The Balaban J connectivity index is 3.86. The van der Waals surface area contributed by atoms with E-state index in [-0.39, 0.29) is 5.96 Å². The molecule has 0 spiro atoms. The van der Waals surface area contributed by atoms with E-state index in [1.54, 1.807) is 6.92 Å². The van der Waals surface area contributed by atoms with Crippen molar-refractivity contribution in [3.05, 3.63) is 0 Å². The van der Waals surface area contributed by atoms with Crippen LogP contribution in [0.2, 0.25) is 0 Å². The van der Waals surface area contributed by atoms with Gasteiger partial charge in [-0.05, 0) is 6.92 Å². The Morgan fingerprint density at radius 1 is 1.67 bits per heavy atom. The second-order valence-electron chi connectivity index (χ2n) is 2.25. The molecular formula is C6H13F2N3O. The van der Waals surface area contributed by atoms with Crippen LogP contribution in [0.1, 0.15) is 6.92 Å². The third kappa shape index (κ3) is 4.84. The van der Waals surface area contributed by atoms with E-state index in [0.29, 0.717) is 6.54 Å². The maximum absolute atomic E-state index is 12.3. The molecule has 0 amide bonds. The highest BCUT2D eigenvalue weighted by Crippen LogP contribution is 2.11. The molecule has 0 aromatic rings. The van der Waals surface area contributed by atoms with Gasteiger partial charge >= 0.3 is 0 Å². The molecular weight excluding hydrogens is 168 g/mol. The van der Waals surface area contributed by atoms with Gasteiger partial charge in [-0.1, -0.05) is 0 Å². The van der Waals surface area contributed by atoms with Gasteiger partial charge in [0.05, 0.1) is 0 Å². The molecule has 0 aromatic heterocycles. The SMILES string of the molecule is CCNC(N)=NCC(F)(F)CO. The van der Waals surface area contributed by atoms with E-state index >= 15 is 0 Å². The van der Waals surface area contributed by atoms with Gasteiger partial charge in [-0.15, -0.1) is 0 Å². The molecule has 0 aromatic carbocycles. The second kappa shape index (κ2) is 4.87. The third-order valence-corrected chi connectivity index (χ3v) is 1.07. The van der Waals surface area contributed by atoms with E-state index in [1.807, 2.05) is 0 Å². The van der Waals surface area contributed by atoms with Gasteiger partial charge in [0, 0.05) is 6.54 Å². The molecule has 0 aliphatic carbocycles. The Labute approximate surface area is 69.5 Å². The van der Waals surface area contributed by atoms with Gasteiger partial charge in [-0.25, -0.2) is 13.8 Å². The average molecular weight is 181 g/mol. The van der Waals surface area contributed by atoms with Crippen LogP contribution < -0.4 is 11.1 Å². The van der Waals surface area contributed by atoms with Crippen LogP contribution in [0, 0.1) is 0 Å². The molecule has 4 nitrogen and oxygen atoms in total. The number of guanidine groups is 1. The van der Waals surface area contributed by atoms with Gasteiger partial charge < -0.3 is 16.2 Å². The summed E-state index contributed by atoms with van der Waals surface area (Å²) in [6.07, 6.45) is 0. The van der Waals surface area contributed by atoms with Gasteiger partial charge in [0.15, 0.2) is 5.96 Å². The predicted molar refractivity (Wildman–Crippen MR) is 42.2 cm³/mol. The molecule has 0 heterocycles. The van der Waals surface area contributed by atoms with E-state index < -0.39 is 19.1 Å². The number of nitrogens with one attached hydrogen (secondary N) is 1. The molecule has 6 heteroatoms. The lowest BCUT2D eigenvalue weighted by Gasteiger charge is -2.10. The molecule has 0 unspecified atom stereocenters. The molecule has 12 heavy (non-hydrogen) atoms. The van der Waals surface area contributed by atoms with Gasteiger partial charge in [0.25, 0.3) is 5.92 Å². The number of hydrogen-bond donors (Lipinski definition) is 3. The topological polar surface area (TPSA) is 70.6 Å². The Morgan fingerprint density at radius 3 is 2.67 bits per heavy atom. The Bertz CT molecular complexity index is 161. The summed E-state index contributed by atoms with van der Waals surface area (Å²) >= 11 is 0. The number of nitrogens with two attached hydrogens (primary N) is 1. The summed E-state index contributed by atoms with van der Waals surface area (Å²) in [7, 11) is 0. The summed E-state index contributed by atoms with van der Waals surface area (Å²) in [5.41, 5.74) is 5.17. The minimum absolute atomic E-state index is 0.0365. The molecule has 0 atom stereocenters. The number of aliphatic hydroxyl groups is 1. The highest BCUT2D eigenvalue weighted by molar-refractivity contribution is 5.77. The summed E-state index contributed by atoms with van der Waals surface area (Å²) in [4.78, 5) is 3.33. The Morgan fingerprint density at radius 2 is 2.25 bits per heavy atom. The maximum atomic E-state index is 12.3. The average Bonchev–Trinajstić information content (AvgIpc) is 2.02. The van der Waals surface area contributed by atoms with Crippen LogP contribution in [-0.4, -0.2) is 36.7 Å². The number of alkyl halides is 2. The summed E-state index contributed by atoms with van der Waals surface area (Å²) < 4.78 is 24.6. The first-order valence-electron chi connectivity index (χ1n) is 3.54. The Kier molecular flexibility index (Phi) is 4.50. The molecule has 0 rings (SSSR count). The van der Waals surface area contributed by atoms with Crippen LogP contribution in [0.15, 0.2) is 4.99 Å². The van der Waals surface area contributed by atoms with Crippen molar-refractivity contribution in [1.82, 2.24) is 5.32 Å². The summed E-state index contributed by atoms with van der Waals surface area (Å²) in [6, 6.07) is 0. The minimum Gasteiger partial charge on any atom is -0.390 e. The van der Waals surface area contributed by atoms with Crippen LogP contribution in [-0.2, 0) is 0 Å². The van der Waals surface area contributed by atoms with Crippen LogP contribution in [0.4, 0.5) is 8.78 Å². The van der Waals surface area contributed by atoms with Crippen molar-refractivity contribution < 1.29 is 13.9 Å². The van der Waals surface area contributed by atoms with E-state index in [4.69, 9.17) is 10.8 Å². The van der Waals surface area contributed by atoms with Crippen LogP contribution in [0.3, 0.4) is 0 Å². The Hall–Kier alpha value is -0.910. The van der Waals surface area contributed by atoms with Crippen molar-refractivity contribution in [3.8, 4) is 0 Å². The number of hydrogen-bond acceptors (Lipinski definition) is 2. The lowest BCUT2D eigenvalue weighted by molar-refractivity contribution is -0.0404. The predicted octanol–water partition coefficient (Wildman–Crippen LogP) is -0.462. The third-order valence-electron chi connectivity index (χ3n) is 1.07. The normalized spacial score (nSPS) is 13.2. The highest BCUT2D eigenvalue weighted by Gasteiger charge is 2.27. The van der Waals surface area contributed by atoms with E-state index in [1.165, 1.54) is 0 Å². The van der Waals surface area contributed by atoms with E-state index in [9.17, 15) is 8.78 Å². The first-order valence-corrected chi connectivity index (χ1v) is 3.54. The van der Waals surface area contributed by atoms with Gasteiger partial charge in [-0.2, -0.15) is 0 Å². The van der Waals surface area contributed by atoms with Gasteiger partial charge in [0.2, 0.25) is 0 Å². The zero-order valence-corrected chi connectivity index (χ0v) is 6.85. The van der Waals surface area contributed by atoms with Crippen LogP contribution in [0.25, 0.3) is 0 Å². The summed E-state index contributed by atoms with van der Waals surface area (Å²) in [6.45, 7) is 0.296. The molecule has 0 bridgehead atoms. The van der Waals surface area contributed by atoms with Gasteiger partial charge in [0.1, 0.15) is 13.2 Å². The molecule has 0 aliphatic heterocycles. The summed E-state index contributed by atoms with van der Waals surface area (Å²) in [5.74, 6) is -3.22. The van der Waals surface area contributed by atoms with Crippen molar-refractivity contribution in [2.45, 2.75) is 12.8 Å². The monoisotopic (exact) mass is 181 g/mol. The first kappa shape index (κ1) is 11.1. The zero-order valence-electron chi connectivity index (χ0n) is 6.85. The molecule has 4 N–H and O–H groups in total. The molecule has 0 radical (unpaired) electrons.